The highest BCUT2D eigenvalue weighted by Gasteiger charge is 2.28. The number of aromatic hydroxyl groups is 1. The Labute approximate surface area is 147 Å². The number of anilines is 1. The first kappa shape index (κ1) is 17.4. The van der Waals surface area contributed by atoms with Gasteiger partial charge in [0.05, 0.1) is 10.6 Å². The van der Waals surface area contributed by atoms with Crippen molar-refractivity contribution in [3.8, 4) is 5.75 Å². The summed E-state index contributed by atoms with van der Waals surface area (Å²) in [6.07, 6.45) is 1.68. The van der Waals surface area contributed by atoms with Crippen LogP contribution in [0.4, 0.5) is 5.69 Å². The quantitative estimate of drug-likeness (QED) is 0.821. The molecule has 0 radical (unpaired) electrons. The van der Waals surface area contributed by atoms with Crippen LogP contribution in [0.1, 0.15) is 28.8 Å². The molecule has 2 aromatic rings. The highest BCUT2D eigenvalue weighted by Crippen LogP contribution is 2.29. The van der Waals surface area contributed by atoms with Crippen LogP contribution in [0, 0.1) is 6.92 Å². The Morgan fingerprint density at radius 2 is 1.84 bits per heavy atom. The highest BCUT2D eigenvalue weighted by molar-refractivity contribution is 7.89. The van der Waals surface area contributed by atoms with Crippen molar-refractivity contribution in [1.82, 2.24) is 4.31 Å². The third-order valence-electron chi connectivity index (χ3n) is 4.20. The van der Waals surface area contributed by atoms with Crippen molar-refractivity contribution in [1.29, 1.82) is 0 Å². The van der Waals surface area contributed by atoms with Gasteiger partial charge in [0.25, 0.3) is 5.91 Å². The fourth-order valence-electron chi connectivity index (χ4n) is 2.83. The van der Waals surface area contributed by atoms with Gasteiger partial charge in [-0.25, -0.2) is 8.42 Å². The van der Waals surface area contributed by atoms with Crippen LogP contribution in [0.5, 0.6) is 5.75 Å². The minimum atomic E-state index is -3.61. The normalized spacial score (nSPS) is 15.2. The first-order valence-electron chi connectivity index (χ1n) is 8.09. The molecule has 1 heterocycles. The monoisotopic (exact) mass is 360 g/mol. The molecule has 0 aromatic heterocycles. The molecule has 2 N–H and O–H groups in total. The fraction of sp³-hybridized carbons (Fsp3) is 0.278. The summed E-state index contributed by atoms with van der Waals surface area (Å²) < 4.78 is 26.7. The number of amides is 1. The van der Waals surface area contributed by atoms with Crippen molar-refractivity contribution in [2.24, 2.45) is 0 Å². The zero-order valence-corrected chi connectivity index (χ0v) is 14.7. The summed E-state index contributed by atoms with van der Waals surface area (Å²) in [5.41, 5.74) is 1.45. The van der Waals surface area contributed by atoms with E-state index in [-0.39, 0.29) is 16.3 Å². The van der Waals surface area contributed by atoms with Crippen molar-refractivity contribution in [3.05, 3.63) is 53.6 Å². The zero-order valence-electron chi connectivity index (χ0n) is 13.9. The number of hydrogen-bond donors (Lipinski definition) is 2. The van der Waals surface area contributed by atoms with E-state index >= 15 is 0 Å². The third-order valence-corrected chi connectivity index (χ3v) is 6.09. The molecule has 25 heavy (non-hydrogen) atoms. The van der Waals surface area contributed by atoms with Crippen LogP contribution in [-0.2, 0) is 10.0 Å². The summed E-state index contributed by atoms with van der Waals surface area (Å²) in [6, 6.07) is 11.0. The molecule has 7 heteroatoms. The van der Waals surface area contributed by atoms with Crippen molar-refractivity contribution < 1.29 is 18.3 Å². The van der Waals surface area contributed by atoms with E-state index in [2.05, 4.69) is 5.32 Å². The van der Waals surface area contributed by atoms with E-state index in [4.69, 9.17) is 0 Å². The topological polar surface area (TPSA) is 86.7 Å². The number of phenolic OH excluding ortho intramolecular Hbond substituents is 1. The zero-order chi connectivity index (χ0) is 18.0. The Balaban J connectivity index is 1.88. The standard InChI is InChI=1S/C18H20N2O4S/c1-13-5-4-6-14(11-13)18(22)19-16-12-15(7-8-17(16)21)25(23,24)20-9-2-3-10-20/h4-8,11-12,21H,2-3,9-10H2,1H3,(H,19,22). The Morgan fingerprint density at radius 1 is 1.12 bits per heavy atom. The summed E-state index contributed by atoms with van der Waals surface area (Å²) in [6.45, 7) is 2.86. The maximum atomic E-state index is 12.6. The van der Waals surface area contributed by atoms with Gasteiger partial charge in [0.1, 0.15) is 5.75 Å². The second kappa shape index (κ2) is 6.85. The minimum Gasteiger partial charge on any atom is -0.506 e. The SMILES string of the molecule is Cc1cccc(C(=O)Nc2cc(S(=O)(=O)N3CCCC3)ccc2O)c1. The van der Waals surface area contributed by atoms with Gasteiger partial charge in [0, 0.05) is 18.7 Å². The average Bonchev–Trinajstić information content (AvgIpc) is 3.12. The maximum Gasteiger partial charge on any atom is 0.255 e. The predicted octanol–water partition coefficient (Wildman–Crippen LogP) is 2.74. The Hall–Kier alpha value is -2.38. The maximum absolute atomic E-state index is 12.6. The summed E-state index contributed by atoms with van der Waals surface area (Å²) >= 11 is 0. The molecular formula is C18H20N2O4S. The number of nitrogens with zero attached hydrogens (tertiary/aromatic N) is 1. The summed E-state index contributed by atoms with van der Waals surface area (Å²) in [5, 5.41) is 12.6. The number of benzene rings is 2. The number of hydrogen-bond acceptors (Lipinski definition) is 4. The molecule has 0 spiro atoms. The lowest BCUT2D eigenvalue weighted by molar-refractivity contribution is 0.102. The number of sulfonamides is 1. The van der Waals surface area contributed by atoms with Gasteiger partial charge in [0.2, 0.25) is 10.0 Å². The number of carbonyl (C=O) groups excluding carboxylic acids is 1. The van der Waals surface area contributed by atoms with E-state index in [1.165, 1.54) is 22.5 Å². The lowest BCUT2D eigenvalue weighted by Gasteiger charge is -2.16. The van der Waals surface area contributed by atoms with Gasteiger partial charge in [0.15, 0.2) is 0 Å². The molecule has 0 saturated carbocycles. The number of nitrogens with one attached hydrogen (secondary N) is 1. The molecule has 3 rings (SSSR count). The molecule has 0 aliphatic carbocycles. The van der Waals surface area contributed by atoms with Crippen LogP contribution >= 0.6 is 0 Å². The molecule has 1 amide bonds. The van der Waals surface area contributed by atoms with Gasteiger partial charge in [-0.1, -0.05) is 17.7 Å². The van der Waals surface area contributed by atoms with E-state index < -0.39 is 15.9 Å². The van der Waals surface area contributed by atoms with Crippen LogP contribution in [0.15, 0.2) is 47.4 Å². The molecule has 0 bridgehead atoms. The van der Waals surface area contributed by atoms with Gasteiger partial charge >= 0.3 is 0 Å². The number of rotatable bonds is 4. The van der Waals surface area contributed by atoms with Crippen LogP contribution in [0.3, 0.4) is 0 Å². The van der Waals surface area contributed by atoms with E-state index in [0.717, 1.165) is 18.4 Å². The lowest BCUT2D eigenvalue weighted by atomic mass is 10.1. The van der Waals surface area contributed by atoms with Gasteiger partial charge in [-0.05, 0) is 50.1 Å². The number of phenols is 1. The summed E-state index contributed by atoms with van der Waals surface area (Å²) in [7, 11) is -3.61. The average molecular weight is 360 g/mol. The number of carbonyl (C=O) groups is 1. The van der Waals surface area contributed by atoms with Crippen molar-refractivity contribution >= 4 is 21.6 Å². The molecule has 0 unspecified atom stereocenters. The van der Waals surface area contributed by atoms with Gasteiger partial charge in [-0.15, -0.1) is 0 Å². The smallest absolute Gasteiger partial charge is 0.255 e. The molecule has 1 fully saturated rings. The van der Waals surface area contributed by atoms with E-state index in [9.17, 15) is 18.3 Å². The molecule has 6 nitrogen and oxygen atoms in total. The van der Waals surface area contributed by atoms with Gasteiger partial charge in [-0.3, -0.25) is 4.79 Å². The van der Waals surface area contributed by atoms with E-state index in [1.807, 2.05) is 13.0 Å². The molecule has 132 valence electrons. The fourth-order valence-corrected chi connectivity index (χ4v) is 4.38. The second-order valence-corrected chi connectivity index (χ2v) is 8.05. The molecule has 0 atom stereocenters. The lowest BCUT2D eigenvalue weighted by Crippen LogP contribution is -2.28. The minimum absolute atomic E-state index is 0.0618. The van der Waals surface area contributed by atoms with Crippen molar-refractivity contribution in [2.45, 2.75) is 24.7 Å². The molecular weight excluding hydrogens is 340 g/mol. The van der Waals surface area contributed by atoms with Crippen molar-refractivity contribution in [2.75, 3.05) is 18.4 Å². The van der Waals surface area contributed by atoms with Crippen LogP contribution in [0.25, 0.3) is 0 Å². The molecule has 1 aliphatic rings. The largest absolute Gasteiger partial charge is 0.506 e. The molecule has 2 aromatic carbocycles. The van der Waals surface area contributed by atoms with Crippen LogP contribution in [-0.4, -0.2) is 36.8 Å². The Morgan fingerprint density at radius 3 is 2.52 bits per heavy atom. The second-order valence-electron chi connectivity index (χ2n) is 6.11. The van der Waals surface area contributed by atoms with Gasteiger partial charge in [-0.2, -0.15) is 4.31 Å². The van der Waals surface area contributed by atoms with E-state index in [1.54, 1.807) is 18.2 Å². The Bertz CT molecular complexity index is 903. The molecule has 1 aliphatic heterocycles. The van der Waals surface area contributed by atoms with Crippen molar-refractivity contribution in [3.63, 3.8) is 0 Å². The predicted molar refractivity (Wildman–Crippen MR) is 95.2 cm³/mol. The Kier molecular flexibility index (Phi) is 4.78. The highest BCUT2D eigenvalue weighted by atomic mass is 32.2. The summed E-state index contributed by atoms with van der Waals surface area (Å²) in [5.74, 6) is -0.587. The first-order chi connectivity index (χ1) is 11.9. The summed E-state index contributed by atoms with van der Waals surface area (Å²) in [4.78, 5) is 12.4. The first-order valence-corrected chi connectivity index (χ1v) is 9.53. The molecule has 1 saturated heterocycles. The third kappa shape index (κ3) is 3.67. The van der Waals surface area contributed by atoms with Crippen LogP contribution in [0.2, 0.25) is 0 Å². The van der Waals surface area contributed by atoms with E-state index in [0.29, 0.717) is 18.7 Å². The van der Waals surface area contributed by atoms with Crippen LogP contribution < -0.4 is 5.32 Å². The number of aryl methyl sites for hydroxylation is 1. The van der Waals surface area contributed by atoms with Gasteiger partial charge < -0.3 is 10.4 Å².